The smallest absolute Gasteiger partial charge is 0.310 e. The zero-order valence-corrected chi connectivity index (χ0v) is 19.7. The molecule has 0 aromatic carbocycles. The van der Waals surface area contributed by atoms with Crippen molar-refractivity contribution in [1.29, 1.82) is 0 Å². The van der Waals surface area contributed by atoms with Crippen molar-refractivity contribution in [3.05, 3.63) is 12.7 Å². The van der Waals surface area contributed by atoms with Crippen LogP contribution >= 0.6 is 0 Å². The number of ether oxygens (including phenoxy) is 1. The number of carbonyl (C=O) groups is 3. The van der Waals surface area contributed by atoms with E-state index in [1.54, 1.807) is 11.0 Å². The van der Waals surface area contributed by atoms with Gasteiger partial charge in [0.1, 0.15) is 11.6 Å². The fourth-order valence-corrected chi connectivity index (χ4v) is 6.22. The van der Waals surface area contributed by atoms with Crippen LogP contribution in [0.25, 0.3) is 0 Å². The number of aliphatic carboxylic acids is 1. The highest BCUT2D eigenvalue weighted by Crippen LogP contribution is 2.59. The number of carboxylic acid groups (broad SMARTS) is 1. The van der Waals surface area contributed by atoms with E-state index in [-0.39, 0.29) is 30.4 Å². The summed E-state index contributed by atoms with van der Waals surface area (Å²) >= 11 is 0. The Morgan fingerprint density at radius 1 is 1.38 bits per heavy atom. The van der Waals surface area contributed by atoms with Gasteiger partial charge in [0.25, 0.3) is 0 Å². The molecule has 3 unspecified atom stereocenters. The molecule has 1 spiro atoms. The Morgan fingerprint density at radius 2 is 2.06 bits per heavy atom. The minimum atomic E-state index is -1.16. The van der Waals surface area contributed by atoms with Crippen molar-refractivity contribution in [3.8, 4) is 0 Å². The Balaban J connectivity index is 2.09. The topological polar surface area (TPSA) is 107 Å². The van der Waals surface area contributed by atoms with E-state index in [4.69, 9.17) is 4.74 Å². The lowest BCUT2D eigenvalue weighted by atomic mass is 9.70. The normalized spacial score (nSPS) is 32.8. The van der Waals surface area contributed by atoms with Crippen molar-refractivity contribution < 1.29 is 29.3 Å². The number of amides is 2. The van der Waals surface area contributed by atoms with E-state index in [1.807, 2.05) is 20.8 Å². The number of hydrogen-bond donors (Lipinski definition) is 2. The highest BCUT2D eigenvalue weighted by molar-refractivity contribution is 5.98. The average molecular weight is 451 g/mol. The molecule has 3 saturated heterocycles. The minimum absolute atomic E-state index is 0.0653. The van der Waals surface area contributed by atoms with Gasteiger partial charge in [-0.1, -0.05) is 33.3 Å². The van der Waals surface area contributed by atoms with Crippen molar-refractivity contribution in [3.63, 3.8) is 0 Å². The monoisotopic (exact) mass is 450 g/mol. The molecule has 2 amide bonds. The molecule has 0 saturated carbocycles. The Kier molecular flexibility index (Phi) is 7.34. The van der Waals surface area contributed by atoms with Crippen LogP contribution in [0.1, 0.15) is 59.8 Å². The van der Waals surface area contributed by atoms with E-state index >= 15 is 0 Å². The molecule has 7 atom stereocenters. The fraction of sp³-hybridized carbons (Fsp3) is 0.792. The molecule has 2 bridgehead atoms. The third-order valence-corrected chi connectivity index (χ3v) is 7.45. The average Bonchev–Trinajstić information content (AvgIpc) is 3.37. The molecule has 180 valence electrons. The van der Waals surface area contributed by atoms with Crippen molar-refractivity contribution in [2.45, 2.75) is 89.6 Å². The van der Waals surface area contributed by atoms with Gasteiger partial charge in [-0.25, -0.2) is 0 Å². The maximum absolute atomic E-state index is 14.1. The predicted molar refractivity (Wildman–Crippen MR) is 119 cm³/mol. The molecule has 0 radical (unpaired) electrons. The molecule has 32 heavy (non-hydrogen) atoms. The number of carbonyl (C=O) groups excluding carboxylic acids is 2. The van der Waals surface area contributed by atoms with E-state index in [2.05, 4.69) is 13.5 Å². The molecule has 3 rings (SSSR count). The molecule has 0 aromatic heterocycles. The molecule has 3 aliphatic heterocycles. The predicted octanol–water partition coefficient (Wildman–Crippen LogP) is 2.06. The van der Waals surface area contributed by atoms with Crippen molar-refractivity contribution in [1.82, 2.24) is 9.80 Å². The Morgan fingerprint density at radius 3 is 2.59 bits per heavy atom. The summed E-state index contributed by atoms with van der Waals surface area (Å²) in [5.74, 6) is -3.36. The molecule has 0 aromatic rings. The molecule has 0 aliphatic carbocycles. The van der Waals surface area contributed by atoms with Gasteiger partial charge in [-0.15, -0.1) is 6.58 Å². The second-order valence-corrected chi connectivity index (χ2v) is 10.0. The van der Waals surface area contributed by atoms with Crippen LogP contribution in [0.2, 0.25) is 0 Å². The first-order valence-corrected chi connectivity index (χ1v) is 11.9. The van der Waals surface area contributed by atoms with Crippen molar-refractivity contribution >= 4 is 17.8 Å². The quantitative estimate of drug-likeness (QED) is 0.467. The number of carboxylic acids is 1. The summed E-state index contributed by atoms with van der Waals surface area (Å²) in [6.07, 6.45) is 4.31. The lowest BCUT2D eigenvalue weighted by Gasteiger charge is -2.41. The molecular weight excluding hydrogens is 412 g/mol. The van der Waals surface area contributed by atoms with Gasteiger partial charge in [-0.3, -0.25) is 14.4 Å². The van der Waals surface area contributed by atoms with Crippen LogP contribution in [0.4, 0.5) is 0 Å². The molecule has 8 nitrogen and oxygen atoms in total. The van der Waals surface area contributed by atoms with Crippen LogP contribution in [0, 0.1) is 17.8 Å². The van der Waals surface area contributed by atoms with Gasteiger partial charge < -0.3 is 24.7 Å². The summed E-state index contributed by atoms with van der Waals surface area (Å²) in [6.45, 7) is 11.9. The number of fused-ring (bicyclic) bond motifs is 1. The zero-order valence-electron chi connectivity index (χ0n) is 19.7. The van der Waals surface area contributed by atoms with E-state index in [1.165, 1.54) is 4.90 Å². The largest absolute Gasteiger partial charge is 0.481 e. The molecule has 3 heterocycles. The summed E-state index contributed by atoms with van der Waals surface area (Å²) in [5.41, 5.74) is -1.16. The maximum Gasteiger partial charge on any atom is 0.310 e. The minimum Gasteiger partial charge on any atom is -0.481 e. The number of nitrogens with zero attached hydrogens (tertiary/aromatic N) is 2. The van der Waals surface area contributed by atoms with Gasteiger partial charge in [-0.05, 0) is 38.5 Å². The van der Waals surface area contributed by atoms with Gasteiger partial charge in [0.2, 0.25) is 11.8 Å². The fourth-order valence-electron chi connectivity index (χ4n) is 6.22. The van der Waals surface area contributed by atoms with Crippen LogP contribution in [0.3, 0.4) is 0 Å². The second-order valence-electron chi connectivity index (χ2n) is 10.0. The number of likely N-dealkylation sites (tertiary alicyclic amines) is 1. The number of rotatable bonds is 11. The van der Waals surface area contributed by atoms with Gasteiger partial charge in [0.05, 0.1) is 30.6 Å². The summed E-state index contributed by atoms with van der Waals surface area (Å²) in [5, 5.41) is 20.1. The summed E-state index contributed by atoms with van der Waals surface area (Å²) in [4.78, 5) is 43.1. The van der Waals surface area contributed by atoms with Crippen LogP contribution in [-0.2, 0) is 19.1 Å². The van der Waals surface area contributed by atoms with Crippen molar-refractivity contribution in [2.75, 3.05) is 13.2 Å². The van der Waals surface area contributed by atoms with Crippen LogP contribution in [0.5, 0.6) is 0 Å². The Bertz CT molecular complexity index is 755. The maximum atomic E-state index is 14.1. The Hall–Kier alpha value is -1.93. The van der Waals surface area contributed by atoms with Gasteiger partial charge in [0, 0.05) is 12.6 Å². The van der Waals surface area contributed by atoms with Crippen LogP contribution in [-0.4, -0.2) is 80.8 Å². The Labute approximate surface area is 190 Å². The summed E-state index contributed by atoms with van der Waals surface area (Å²) in [7, 11) is 0. The summed E-state index contributed by atoms with van der Waals surface area (Å²) in [6, 6.07) is -1.57. The molecule has 8 heteroatoms. The number of aliphatic hydroxyl groups excluding tert-OH is 1. The van der Waals surface area contributed by atoms with Gasteiger partial charge in [-0.2, -0.15) is 0 Å². The second kappa shape index (κ2) is 9.51. The molecule has 2 N–H and O–H groups in total. The third-order valence-electron chi connectivity index (χ3n) is 7.45. The van der Waals surface area contributed by atoms with Gasteiger partial charge >= 0.3 is 5.97 Å². The molecule has 3 fully saturated rings. The molecular formula is C24H38N2O6. The zero-order chi connectivity index (χ0) is 23.8. The van der Waals surface area contributed by atoms with Crippen molar-refractivity contribution in [2.24, 2.45) is 17.8 Å². The first kappa shape index (κ1) is 24.7. The standard InChI is InChI=1S/C24H38N2O6/c1-6-8-15(5)25(11-7-2)22(29)20-24-10-9-17(32-24)18(23(30)31)19(24)21(28)26(20)16(13-27)12-14(3)4/h7,14-20,27H,2,6,8-13H2,1,3-5H3,(H,30,31)/t15?,16-,17-,18+,19+,20?,24?/m1/s1. The highest BCUT2D eigenvalue weighted by atomic mass is 16.5. The first-order chi connectivity index (χ1) is 15.1. The van der Waals surface area contributed by atoms with E-state index in [0.29, 0.717) is 25.8 Å². The van der Waals surface area contributed by atoms with E-state index in [9.17, 15) is 24.6 Å². The molecule has 3 aliphatic rings. The van der Waals surface area contributed by atoms with E-state index in [0.717, 1.165) is 12.8 Å². The van der Waals surface area contributed by atoms with E-state index < -0.39 is 41.6 Å². The van der Waals surface area contributed by atoms with Crippen LogP contribution < -0.4 is 0 Å². The SMILES string of the molecule is C=CCN(C(=O)C1N([C@@H](CO)CC(C)C)C(=O)[C@@H]2[C@@H](C(=O)O)[C@H]3CCC12O3)C(C)CCC. The summed E-state index contributed by atoms with van der Waals surface area (Å²) < 4.78 is 6.26. The highest BCUT2D eigenvalue weighted by Gasteiger charge is 2.75. The van der Waals surface area contributed by atoms with Gasteiger partial charge in [0.15, 0.2) is 0 Å². The third kappa shape index (κ3) is 3.85. The lowest BCUT2D eigenvalue weighted by molar-refractivity contribution is -0.154. The number of aliphatic hydroxyl groups is 1. The number of hydrogen-bond acceptors (Lipinski definition) is 5. The van der Waals surface area contributed by atoms with Crippen LogP contribution in [0.15, 0.2) is 12.7 Å². The first-order valence-electron chi connectivity index (χ1n) is 11.9. The lowest BCUT2D eigenvalue weighted by Crippen LogP contribution is -2.60.